The Balaban J connectivity index is 1.89. The number of cyclic esters (lactones) is 1. The zero-order valence-corrected chi connectivity index (χ0v) is 52.6. The first-order chi connectivity index (χ1) is 41.4. The van der Waals surface area contributed by atoms with Gasteiger partial charge in [-0.3, -0.25) is 38.4 Å². The van der Waals surface area contributed by atoms with Crippen molar-refractivity contribution in [2.75, 3.05) is 39.8 Å². The molecule has 0 aliphatic carbocycles. The van der Waals surface area contributed by atoms with E-state index < -0.39 is 162 Å². The summed E-state index contributed by atoms with van der Waals surface area (Å²) in [7, 11) is 1.30. The van der Waals surface area contributed by atoms with E-state index in [1.807, 2.05) is 0 Å². The first-order valence-corrected chi connectivity index (χ1v) is 30.0. The van der Waals surface area contributed by atoms with E-state index >= 15 is 9.59 Å². The molecule has 2 aromatic carbocycles. The van der Waals surface area contributed by atoms with Crippen LogP contribution in [-0.2, 0) is 63.8 Å². The van der Waals surface area contributed by atoms with Crippen LogP contribution in [-0.4, -0.2) is 185 Å². The van der Waals surface area contributed by atoms with Gasteiger partial charge < -0.3 is 81.7 Å². The number of hydrogen-bond donors (Lipinski definition) is 11. The number of carbonyl (C=O) groups is 10. The molecule has 13 atom stereocenters. The van der Waals surface area contributed by atoms with Gasteiger partial charge in [0.25, 0.3) is 0 Å². The van der Waals surface area contributed by atoms with Gasteiger partial charge in [-0.05, 0) is 102 Å². The van der Waals surface area contributed by atoms with Crippen molar-refractivity contribution in [3.63, 3.8) is 0 Å². The summed E-state index contributed by atoms with van der Waals surface area (Å²) in [5, 5.41) is 55.4. The van der Waals surface area contributed by atoms with E-state index in [4.69, 9.17) is 18.9 Å². The number of likely N-dealkylation sites (N-methyl/N-ethyl adjacent to an activating group) is 1. The fourth-order valence-electron chi connectivity index (χ4n) is 9.47. The molecule has 3 heterocycles. The van der Waals surface area contributed by atoms with Gasteiger partial charge in [0.1, 0.15) is 72.5 Å². The maximum Gasteiger partial charge on any atom is 0.407 e. The van der Waals surface area contributed by atoms with Crippen molar-refractivity contribution in [1.29, 1.82) is 0 Å². The minimum Gasteiger partial charge on any atom is -0.487 e. The summed E-state index contributed by atoms with van der Waals surface area (Å²) in [6, 6.07) is 4.05. The molecule has 2 aromatic rings. The summed E-state index contributed by atoms with van der Waals surface area (Å²) in [5.74, 6) is -11.4. The van der Waals surface area contributed by atoms with E-state index in [0.29, 0.717) is 31.5 Å². The predicted octanol–water partition coefficient (Wildman–Crippen LogP) is 1.28. The molecule has 0 unspecified atom stereocenters. The molecule has 1 fully saturated rings. The van der Waals surface area contributed by atoms with Gasteiger partial charge in [-0.2, -0.15) is 0 Å². The maximum absolute atomic E-state index is 15.4. The quantitative estimate of drug-likeness (QED) is 0.0569. The number of hydrogen-bond acceptors (Lipinski definition) is 18. The fraction of sp³-hybridized carbons (Fsp3) is 0.613. The smallest absolute Gasteiger partial charge is 0.407 e. The number of fused-ring (bicyclic) bond motifs is 11. The molecule has 0 radical (unpaired) electrons. The summed E-state index contributed by atoms with van der Waals surface area (Å²) < 4.78 is 22.8. The molecular weight excluding hydrogens is 1140 g/mol. The van der Waals surface area contributed by atoms with Crippen LogP contribution >= 0.6 is 0 Å². The molecule has 88 heavy (non-hydrogen) atoms. The highest BCUT2D eigenvalue weighted by Crippen LogP contribution is 2.26. The molecule has 26 nitrogen and oxygen atoms in total. The lowest BCUT2D eigenvalue weighted by molar-refractivity contribution is -0.160. The summed E-state index contributed by atoms with van der Waals surface area (Å²) in [6.45, 7) is 16.3. The Kier molecular flexibility index (Phi) is 28.3. The van der Waals surface area contributed by atoms with E-state index in [1.165, 1.54) is 58.2 Å². The maximum atomic E-state index is 15.4. The lowest BCUT2D eigenvalue weighted by Crippen LogP contribution is -2.61. The average molecular weight is 1240 g/mol. The molecule has 11 N–H and O–H groups in total. The van der Waals surface area contributed by atoms with Crippen LogP contribution in [0.3, 0.4) is 0 Å². The highest BCUT2D eigenvalue weighted by Gasteiger charge is 2.42. The van der Waals surface area contributed by atoms with Gasteiger partial charge in [0.15, 0.2) is 6.04 Å². The van der Waals surface area contributed by atoms with Crippen molar-refractivity contribution in [3.8, 4) is 5.75 Å². The van der Waals surface area contributed by atoms with Crippen molar-refractivity contribution >= 4 is 59.4 Å². The first kappa shape index (κ1) is 72.8. The lowest BCUT2D eigenvalue weighted by Gasteiger charge is -2.34. The zero-order chi connectivity index (χ0) is 65.6. The average Bonchev–Trinajstić information content (AvgIpc) is 3.65. The third-order valence-electron chi connectivity index (χ3n) is 15.3. The number of rotatable bonds is 18. The topological polar surface area (TPSA) is 368 Å². The van der Waals surface area contributed by atoms with E-state index in [1.54, 1.807) is 85.7 Å². The minimum atomic E-state index is -1.99. The number of alkyl carbamates (subject to hydrolysis) is 1. The summed E-state index contributed by atoms with van der Waals surface area (Å²) >= 11 is 0. The molecule has 0 saturated carbocycles. The zero-order valence-electron chi connectivity index (χ0n) is 52.6. The molecule has 0 aromatic heterocycles. The number of amides is 8. The Hall–Kier alpha value is -7.68. The monoisotopic (exact) mass is 1240 g/mol. The molecule has 8 amide bonds. The van der Waals surface area contributed by atoms with Gasteiger partial charge in [-0.25, -0.2) is 9.59 Å². The van der Waals surface area contributed by atoms with Crippen molar-refractivity contribution in [3.05, 3.63) is 77.9 Å². The van der Waals surface area contributed by atoms with Crippen LogP contribution in [0.2, 0.25) is 0 Å². The number of carbonyl (C=O) groups excluding carboxylic acids is 10. The van der Waals surface area contributed by atoms with Crippen molar-refractivity contribution in [1.82, 2.24) is 47.4 Å². The third-order valence-corrected chi connectivity index (χ3v) is 15.3. The van der Waals surface area contributed by atoms with Crippen LogP contribution in [0.1, 0.15) is 125 Å². The predicted molar refractivity (Wildman–Crippen MR) is 322 cm³/mol. The summed E-state index contributed by atoms with van der Waals surface area (Å²) in [5.41, 5.74) is -1.86. The van der Waals surface area contributed by atoms with E-state index in [-0.39, 0.29) is 30.7 Å². The largest absolute Gasteiger partial charge is 0.487 e. The number of ether oxygens (including phenoxy) is 4. The van der Waals surface area contributed by atoms with Gasteiger partial charge in [0, 0.05) is 32.6 Å². The number of esters is 2. The highest BCUT2D eigenvalue weighted by molar-refractivity contribution is 5.98. The van der Waals surface area contributed by atoms with Crippen molar-refractivity contribution < 1.29 is 82.2 Å². The Morgan fingerprint density at radius 1 is 0.795 bits per heavy atom. The van der Waals surface area contributed by atoms with Gasteiger partial charge in [0.05, 0.1) is 18.1 Å². The Morgan fingerprint density at radius 3 is 2.03 bits per heavy atom. The second kappa shape index (κ2) is 34.2. The summed E-state index contributed by atoms with van der Waals surface area (Å²) in [6.07, 6.45) is -1.04. The van der Waals surface area contributed by atoms with Gasteiger partial charge in [-0.1, -0.05) is 96.3 Å². The van der Waals surface area contributed by atoms with Gasteiger partial charge in [-0.15, -0.1) is 0 Å². The number of aliphatic hydroxyl groups is 3. The second-order valence-corrected chi connectivity index (χ2v) is 24.0. The van der Waals surface area contributed by atoms with E-state index in [9.17, 15) is 53.7 Å². The first-order valence-electron chi connectivity index (χ1n) is 30.0. The standard InChI is InChI=1S/C62H93N9O17/c1-13-36(4)48-55(78)70-51-42-23-25-43(26-24-42)87-40(8)62(84,34-63-29-19-14-15-20-30-64-60(83)88-61(9,10)11)28-27-46(73)65-32-47(74)85-33-44(59(82)86-39(7)50(57(80)67-48)69-53(76)37(5)52(75)35(2)3)66-56(79)49(38(6)72)68-54(77)45(71(12)58(51)81)31-41-21-17-16-18-22-41/h16-18,21-28,35-40,44-45,48-52,63,72,75,84H,13-15,19-20,29-34H2,1-12H3,(H,64,83)(H,65,73)(H,66,79)(H,67,80)(H,68,77)(H,69,76)(H,70,78)/t36-,37+,38+,39+,40+,44-,45-,48+,49+,50-,51-,52+,62-/m0/s1. The molecule has 3 aliphatic rings. The van der Waals surface area contributed by atoms with Crippen LogP contribution in [0, 0.1) is 17.8 Å². The molecular formula is C62H93N9O17. The number of benzene rings is 2. The van der Waals surface area contributed by atoms with Crippen LogP contribution < -0.4 is 47.3 Å². The Bertz CT molecular complexity index is 2720. The number of aliphatic hydroxyl groups excluding tert-OH is 2. The highest BCUT2D eigenvalue weighted by atomic mass is 16.6. The number of nitrogens with zero attached hydrogens (tertiary/aromatic N) is 1. The van der Waals surface area contributed by atoms with Crippen molar-refractivity contribution in [2.45, 2.75) is 187 Å². The Morgan fingerprint density at radius 2 is 1.42 bits per heavy atom. The van der Waals surface area contributed by atoms with Crippen molar-refractivity contribution in [2.24, 2.45) is 17.8 Å². The molecule has 3 aliphatic heterocycles. The lowest BCUT2D eigenvalue weighted by atomic mass is 9.93. The van der Waals surface area contributed by atoms with Crippen LogP contribution in [0.5, 0.6) is 5.75 Å². The van der Waals surface area contributed by atoms with Gasteiger partial charge >= 0.3 is 18.0 Å². The molecule has 26 heteroatoms. The molecule has 488 valence electrons. The molecule has 1 saturated heterocycles. The van der Waals surface area contributed by atoms with Crippen LogP contribution in [0.4, 0.5) is 4.79 Å². The second-order valence-electron chi connectivity index (χ2n) is 24.0. The molecule has 5 rings (SSSR count). The molecule has 4 bridgehead atoms. The SMILES string of the molecule is CC[C@H](C)[C@H]1NC(=O)[C@@H](NC(=O)[C@H](C)[C@H](O)C(C)C)[C@@H](C)OC(=O)[C@@H]2COC(=O)CNC(=O)C=C[C@](O)(CNCCCCCCNC(=O)OC(C)(C)C)[C@@H](C)Oc3ccc(cc3)[C@H](NC1=O)C(=O)N(C)[C@@H](Cc1ccccc1)C(=O)N[C@H]([C@@H](C)O)C(=O)N2. The van der Waals surface area contributed by atoms with Crippen LogP contribution in [0.25, 0.3) is 0 Å². The third kappa shape index (κ3) is 22.5. The Labute approximate surface area is 515 Å². The number of unbranched alkanes of at least 4 members (excludes halogenated alkanes) is 3. The summed E-state index contributed by atoms with van der Waals surface area (Å²) in [4.78, 5) is 142. The molecule has 0 spiro atoms. The number of nitrogens with one attached hydrogen (secondary N) is 8. The normalized spacial score (nSPS) is 25.6. The fourth-order valence-corrected chi connectivity index (χ4v) is 9.47. The minimum absolute atomic E-state index is 0.135. The van der Waals surface area contributed by atoms with Gasteiger partial charge in [0.2, 0.25) is 41.4 Å². The van der Waals surface area contributed by atoms with E-state index in [2.05, 4.69) is 42.5 Å². The van der Waals surface area contributed by atoms with Crippen LogP contribution in [0.15, 0.2) is 66.7 Å². The van der Waals surface area contributed by atoms with E-state index in [0.717, 1.165) is 23.8 Å².